The number of fused-ring (bicyclic) bond motifs is 2. The van der Waals surface area contributed by atoms with Crippen LogP contribution >= 0.6 is 0 Å². The second-order valence-electron chi connectivity index (χ2n) is 7.07. The Hall–Kier alpha value is -2.47. The third-order valence-electron chi connectivity index (χ3n) is 5.55. The highest BCUT2D eigenvalue weighted by atomic mass is 16.6. The smallest absolute Gasteiger partial charge is 0.159 e. The molecule has 1 saturated heterocycles. The van der Waals surface area contributed by atoms with Gasteiger partial charge in [0.15, 0.2) is 5.76 Å². The average Bonchev–Trinajstić information content (AvgIpc) is 3.45. The predicted molar refractivity (Wildman–Crippen MR) is 102 cm³/mol. The van der Waals surface area contributed by atoms with E-state index in [-0.39, 0.29) is 17.4 Å². The van der Waals surface area contributed by atoms with Gasteiger partial charge < -0.3 is 24.4 Å². The Labute approximate surface area is 159 Å². The minimum atomic E-state index is -0.349. The number of hydrogen-bond donors (Lipinski definition) is 1. The number of benzene rings is 1. The Morgan fingerprint density at radius 1 is 1.22 bits per heavy atom. The standard InChI is InChI=1S/C21H26N2O4/c1-22-9-10-26-23-20-15-11-18(24-2)19(25-3)12-17(15)27-21(13-16(20)21)14-7-5-4-6-8-14/h4-8,12,15-16,22H,9-11,13H2,1-3H3. The fourth-order valence-electron chi connectivity index (χ4n) is 4.05. The number of nitrogens with one attached hydrogen (secondary N) is 1. The van der Waals surface area contributed by atoms with E-state index >= 15 is 0 Å². The largest absolute Gasteiger partial charge is 0.497 e. The normalized spacial score (nSPS) is 30.0. The van der Waals surface area contributed by atoms with Crippen molar-refractivity contribution in [3.05, 3.63) is 59.2 Å². The highest BCUT2D eigenvalue weighted by Gasteiger charge is 2.66. The first kappa shape index (κ1) is 17.9. The summed E-state index contributed by atoms with van der Waals surface area (Å²) >= 11 is 0. The summed E-state index contributed by atoms with van der Waals surface area (Å²) in [6, 6.07) is 10.4. The van der Waals surface area contributed by atoms with Crippen LogP contribution in [0.25, 0.3) is 0 Å². The van der Waals surface area contributed by atoms with Crippen LogP contribution in [-0.4, -0.2) is 40.1 Å². The van der Waals surface area contributed by atoms with Crippen LogP contribution in [0.2, 0.25) is 0 Å². The molecule has 0 bridgehead atoms. The summed E-state index contributed by atoms with van der Waals surface area (Å²) in [5, 5.41) is 7.63. The maximum atomic E-state index is 6.56. The van der Waals surface area contributed by atoms with E-state index in [1.54, 1.807) is 14.2 Å². The molecule has 2 fully saturated rings. The molecule has 1 aromatic carbocycles. The Balaban J connectivity index is 1.69. The number of hydrogen-bond acceptors (Lipinski definition) is 6. The quantitative estimate of drug-likeness (QED) is 0.591. The molecule has 4 rings (SSSR count). The van der Waals surface area contributed by atoms with Gasteiger partial charge >= 0.3 is 0 Å². The van der Waals surface area contributed by atoms with Crippen LogP contribution in [0.4, 0.5) is 0 Å². The number of likely N-dealkylation sites (N-methyl/N-ethyl adjacent to an activating group) is 1. The van der Waals surface area contributed by atoms with E-state index in [0.717, 1.165) is 30.2 Å². The second kappa shape index (κ2) is 7.27. The van der Waals surface area contributed by atoms with Crippen LogP contribution in [0.5, 0.6) is 0 Å². The lowest BCUT2D eigenvalue weighted by atomic mass is 9.85. The van der Waals surface area contributed by atoms with E-state index in [1.165, 1.54) is 5.56 Å². The molecular weight excluding hydrogens is 344 g/mol. The molecule has 6 nitrogen and oxygen atoms in total. The maximum Gasteiger partial charge on any atom is 0.159 e. The van der Waals surface area contributed by atoms with Crippen molar-refractivity contribution in [2.75, 3.05) is 34.4 Å². The van der Waals surface area contributed by atoms with Gasteiger partial charge in [0, 0.05) is 31.4 Å². The predicted octanol–water partition coefficient (Wildman–Crippen LogP) is 2.93. The van der Waals surface area contributed by atoms with E-state index in [2.05, 4.69) is 22.6 Å². The SMILES string of the molecule is CNCCON=C1C2CC(OC)=C(OC)C=C2OC2(c3ccccc3)CC12. The molecule has 27 heavy (non-hydrogen) atoms. The summed E-state index contributed by atoms with van der Waals surface area (Å²) in [6.07, 6.45) is 3.51. The Morgan fingerprint density at radius 2 is 2.04 bits per heavy atom. The Morgan fingerprint density at radius 3 is 2.74 bits per heavy atom. The number of methoxy groups -OCH3 is 2. The first-order valence-corrected chi connectivity index (χ1v) is 9.35. The Bertz CT molecular complexity index is 787. The molecule has 3 atom stereocenters. The highest BCUT2D eigenvalue weighted by molar-refractivity contribution is 5.96. The van der Waals surface area contributed by atoms with E-state index in [9.17, 15) is 0 Å². The van der Waals surface area contributed by atoms with Crippen molar-refractivity contribution in [1.29, 1.82) is 0 Å². The molecule has 0 spiro atoms. The lowest BCUT2D eigenvalue weighted by Gasteiger charge is -2.35. The van der Waals surface area contributed by atoms with Crippen molar-refractivity contribution < 1.29 is 19.0 Å². The van der Waals surface area contributed by atoms with E-state index < -0.39 is 0 Å². The Kier molecular flexibility index (Phi) is 4.83. The van der Waals surface area contributed by atoms with Gasteiger partial charge in [-0.25, -0.2) is 0 Å². The van der Waals surface area contributed by atoms with Crippen LogP contribution in [0.1, 0.15) is 18.4 Å². The van der Waals surface area contributed by atoms with Crippen molar-refractivity contribution in [1.82, 2.24) is 5.32 Å². The minimum absolute atomic E-state index is 0.0257. The molecule has 1 aromatic rings. The van der Waals surface area contributed by atoms with Crippen LogP contribution in [0, 0.1) is 11.8 Å². The summed E-state index contributed by atoms with van der Waals surface area (Å²) in [4.78, 5) is 5.62. The molecule has 2 aliphatic carbocycles. The van der Waals surface area contributed by atoms with Gasteiger partial charge in [-0.2, -0.15) is 0 Å². The van der Waals surface area contributed by atoms with Gasteiger partial charge in [0.1, 0.15) is 23.7 Å². The highest BCUT2D eigenvalue weighted by Crippen LogP contribution is 2.63. The van der Waals surface area contributed by atoms with Crippen LogP contribution in [-0.2, 0) is 24.6 Å². The molecule has 1 heterocycles. The molecule has 0 aromatic heterocycles. The zero-order valence-corrected chi connectivity index (χ0v) is 16.0. The minimum Gasteiger partial charge on any atom is -0.497 e. The summed E-state index contributed by atoms with van der Waals surface area (Å²) in [5.41, 5.74) is 1.87. The molecule has 3 aliphatic rings. The first-order chi connectivity index (χ1) is 13.2. The summed E-state index contributed by atoms with van der Waals surface area (Å²) < 4.78 is 17.6. The second-order valence-corrected chi connectivity index (χ2v) is 7.07. The van der Waals surface area contributed by atoms with Gasteiger partial charge in [0.2, 0.25) is 0 Å². The number of rotatable bonds is 7. The van der Waals surface area contributed by atoms with Crippen molar-refractivity contribution >= 4 is 5.71 Å². The fraction of sp³-hybridized carbons (Fsp3) is 0.476. The molecule has 6 heteroatoms. The first-order valence-electron chi connectivity index (χ1n) is 9.35. The fourth-order valence-corrected chi connectivity index (χ4v) is 4.05. The maximum absolute atomic E-state index is 6.56. The van der Waals surface area contributed by atoms with Crippen LogP contribution in [0.3, 0.4) is 0 Å². The zero-order chi connectivity index (χ0) is 18.9. The van der Waals surface area contributed by atoms with Gasteiger partial charge in [-0.1, -0.05) is 35.5 Å². The number of nitrogens with zero attached hydrogens (tertiary/aromatic N) is 1. The number of oxime groups is 1. The van der Waals surface area contributed by atoms with Crippen molar-refractivity contribution in [3.8, 4) is 0 Å². The van der Waals surface area contributed by atoms with Crippen molar-refractivity contribution in [2.45, 2.75) is 18.4 Å². The number of ether oxygens (including phenoxy) is 3. The van der Waals surface area contributed by atoms with Gasteiger partial charge in [-0.05, 0) is 12.6 Å². The molecule has 1 N–H and O–H groups in total. The lowest BCUT2D eigenvalue weighted by molar-refractivity contribution is 0.0482. The number of allylic oxidation sites excluding steroid dienone is 3. The third-order valence-corrected chi connectivity index (χ3v) is 5.55. The molecular formula is C21H26N2O4. The topological polar surface area (TPSA) is 61.3 Å². The average molecular weight is 370 g/mol. The summed E-state index contributed by atoms with van der Waals surface area (Å²) in [5.74, 6) is 2.64. The van der Waals surface area contributed by atoms with E-state index in [0.29, 0.717) is 18.8 Å². The molecule has 0 amide bonds. The molecule has 1 saturated carbocycles. The van der Waals surface area contributed by atoms with E-state index in [1.807, 2.05) is 31.3 Å². The van der Waals surface area contributed by atoms with Gasteiger partial charge in [0.25, 0.3) is 0 Å². The van der Waals surface area contributed by atoms with Crippen LogP contribution in [0.15, 0.2) is 58.8 Å². The summed E-state index contributed by atoms with van der Waals surface area (Å²) in [7, 11) is 5.22. The molecule has 3 unspecified atom stereocenters. The van der Waals surface area contributed by atoms with Crippen molar-refractivity contribution in [3.63, 3.8) is 0 Å². The molecule has 1 aliphatic heterocycles. The van der Waals surface area contributed by atoms with Crippen molar-refractivity contribution in [2.24, 2.45) is 17.0 Å². The monoisotopic (exact) mass is 370 g/mol. The van der Waals surface area contributed by atoms with Gasteiger partial charge in [0.05, 0.1) is 25.8 Å². The molecule has 144 valence electrons. The lowest BCUT2D eigenvalue weighted by Crippen LogP contribution is -2.35. The van der Waals surface area contributed by atoms with Gasteiger partial charge in [-0.15, -0.1) is 0 Å². The van der Waals surface area contributed by atoms with Crippen LogP contribution < -0.4 is 5.32 Å². The third kappa shape index (κ3) is 3.08. The van der Waals surface area contributed by atoms with Gasteiger partial charge in [-0.3, -0.25) is 0 Å². The summed E-state index contributed by atoms with van der Waals surface area (Å²) in [6.45, 7) is 1.29. The van der Waals surface area contributed by atoms with E-state index in [4.69, 9.17) is 19.0 Å². The zero-order valence-electron chi connectivity index (χ0n) is 16.0. The molecule has 0 radical (unpaired) electrons.